The number of sulfonamides is 1. The molecule has 1 fully saturated rings. The summed E-state index contributed by atoms with van der Waals surface area (Å²) < 4.78 is 25.5. The first-order valence-electron chi connectivity index (χ1n) is 6.04. The molecule has 0 atom stereocenters. The summed E-state index contributed by atoms with van der Waals surface area (Å²) in [6, 6.07) is 0. The van der Waals surface area contributed by atoms with Crippen LogP contribution >= 0.6 is 0 Å². The van der Waals surface area contributed by atoms with Gasteiger partial charge in [0.1, 0.15) is 0 Å². The number of nitrogens with zero attached hydrogens (tertiary/aromatic N) is 2. The van der Waals surface area contributed by atoms with Crippen molar-refractivity contribution in [1.82, 2.24) is 9.21 Å². The van der Waals surface area contributed by atoms with E-state index in [4.69, 9.17) is 0 Å². The molecule has 4 nitrogen and oxygen atoms in total. The predicted molar refractivity (Wildman–Crippen MR) is 66.7 cm³/mol. The van der Waals surface area contributed by atoms with Gasteiger partial charge in [0.05, 0.1) is 5.75 Å². The minimum absolute atomic E-state index is 0.289. The van der Waals surface area contributed by atoms with Gasteiger partial charge < -0.3 is 4.90 Å². The summed E-state index contributed by atoms with van der Waals surface area (Å²) >= 11 is 0. The second-order valence-electron chi connectivity index (χ2n) is 4.33. The van der Waals surface area contributed by atoms with Crippen LogP contribution in [0.5, 0.6) is 0 Å². The first-order valence-corrected chi connectivity index (χ1v) is 7.65. The third kappa shape index (κ3) is 4.39. The lowest BCUT2D eigenvalue weighted by Gasteiger charge is -2.26. The Bertz CT molecular complexity index is 284. The molecule has 1 aliphatic rings. The lowest BCUT2D eigenvalue weighted by molar-refractivity contribution is 0.348. The molecule has 0 aliphatic carbocycles. The molecule has 5 heteroatoms. The van der Waals surface area contributed by atoms with Crippen LogP contribution in [0.1, 0.15) is 26.2 Å². The van der Waals surface area contributed by atoms with Crippen LogP contribution < -0.4 is 0 Å². The first-order chi connectivity index (χ1) is 7.56. The van der Waals surface area contributed by atoms with Gasteiger partial charge in [0, 0.05) is 13.1 Å². The molecule has 95 valence electrons. The molecular weight excluding hydrogens is 224 g/mol. The Hall–Kier alpha value is -0.130. The van der Waals surface area contributed by atoms with E-state index in [1.54, 1.807) is 4.31 Å². The van der Waals surface area contributed by atoms with Gasteiger partial charge in [-0.05, 0) is 45.8 Å². The van der Waals surface area contributed by atoms with E-state index in [2.05, 4.69) is 18.2 Å². The van der Waals surface area contributed by atoms with Crippen molar-refractivity contribution in [2.75, 3.05) is 39.0 Å². The van der Waals surface area contributed by atoms with Gasteiger partial charge in [0.15, 0.2) is 0 Å². The van der Waals surface area contributed by atoms with E-state index in [-0.39, 0.29) is 5.75 Å². The molecule has 0 aromatic heterocycles. The molecule has 0 aromatic carbocycles. The Morgan fingerprint density at radius 1 is 1.31 bits per heavy atom. The van der Waals surface area contributed by atoms with Gasteiger partial charge in [-0.15, -0.1) is 0 Å². The van der Waals surface area contributed by atoms with Crippen molar-refractivity contribution >= 4 is 10.0 Å². The quantitative estimate of drug-likeness (QED) is 0.702. The summed E-state index contributed by atoms with van der Waals surface area (Å²) in [6.45, 7) is 5.25. The zero-order chi connectivity index (χ0) is 12.0. The Balaban J connectivity index is 2.33. The lowest BCUT2D eigenvalue weighted by atomic mass is 10.2. The van der Waals surface area contributed by atoms with Crippen molar-refractivity contribution in [3.05, 3.63) is 6.42 Å². The maximum atomic E-state index is 11.9. The second-order valence-corrected chi connectivity index (χ2v) is 6.42. The summed E-state index contributed by atoms with van der Waals surface area (Å²) in [7, 11) is -0.984. The Morgan fingerprint density at radius 3 is 2.50 bits per heavy atom. The summed E-state index contributed by atoms with van der Waals surface area (Å²) in [6.07, 6.45) is 4.69. The van der Waals surface area contributed by atoms with Crippen molar-refractivity contribution in [1.29, 1.82) is 0 Å². The van der Waals surface area contributed by atoms with Crippen LogP contribution in [0.25, 0.3) is 0 Å². The maximum Gasteiger partial charge on any atom is 0.214 e. The molecule has 0 spiro atoms. The van der Waals surface area contributed by atoms with E-state index in [0.717, 1.165) is 32.4 Å². The Labute approximate surface area is 99.7 Å². The van der Waals surface area contributed by atoms with Gasteiger partial charge >= 0.3 is 0 Å². The molecule has 1 heterocycles. The largest absolute Gasteiger partial charge is 0.307 e. The SMILES string of the molecule is CCN(C)CCCS(=O)(=O)N1CC[CH]CC1. The van der Waals surface area contributed by atoms with Gasteiger partial charge in [0.25, 0.3) is 0 Å². The van der Waals surface area contributed by atoms with Crippen LogP contribution in [-0.2, 0) is 10.0 Å². The molecule has 1 rings (SSSR count). The molecule has 16 heavy (non-hydrogen) atoms. The summed E-state index contributed by atoms with van der Waals surface area (Å²) in [5, 5.41) is 0. The van der Waals surface area contributed by atoms with Crippen molar-refractivity contribution < 1.29 is 8.42 Å². The van der Waals surface area contributed by atoms with Crippen molar-refractivity contribution in [3.8, 4) is 0 Å². The molecule has 0 bridgehead atoms. The molecule has 0 unspecified atom stereocenters. The lowest BCUT2D eigenvalue weighted by Crippen LogP contribution is -2.38. The zero-order valence-electron chi connectivity index (χ0n) is 10.4. The van der Waals surface area contributed by atoms with Crippen LogP contribution in [0.3, 0.4) is 0 Å². The maximum absolute atomic E-state index is 11.9. The van der Waals surface area contributed by atoms with E-state index in [9.17, 15) is 8.42 Å². The molecule has 1 aliphatic heterocycles. The van der Waals surface area contributed by atoms with Crippen LogP contribution in [0.2, 0.25) is 0 Å². The summed E-state index contributed by atoms with van der Waals surface area (Å²) in [5.41, 5.74) is 0. The first kappa shape index (κ1) is 13.9. The molecule has 0 saturated carbocycles. The normalized spacial score (nSPS) is 19.2. The number of hydrogen-bond acceptors (Lipinski definition) is 3. The smallest absolute Gasteiger partial charge is 0.214 e. The van der Waals surface area contributed by atoms with Gasteiger partial charge in [-0.2, -0.15) is 0 Å². The van der Waals surface area contributed by atoms with Gasteiger partial charge in [-0.25, -0.2) is 12.7 Å². The summed E-state index contributed by atoms with van der Waals surface area (Å²) in [5.74, 6) is 0.289. The average molecular weight is 247 g/mol. The van der Waals surface area contributed by atoms with Crippen molar-refractivity contribution in [2.24, 2.45) is 0 Å². The van der Waals surface area contributed by atoms with E-state index in [1.165, 1.54) is 0 Å². The fraction of sp³-hybridized carbons (Fsp3) is 0.909. The van der Waals surface area contributed by atoms with E-state index in [1.807, 2.05) is 7.05 Å². The number of hydrogen-bond donors (Lipinski definition) is 0. The second kappa shape index (κ2) is 6.57. The Kier molecular flexibility index (Phi) is 5.72. The minimum atomic E-state index is -3.00. The van der Waals surface area contributed by atoms with Crippen LogP contribution in [0.15, 0.2) is 0 Å². The monoisotopic (exact) mass is 247 g/mol. The van der Waals surface area contributed by atoms with Gasteiger partial charge in [-0.3, -0.25) is 0 Å². The molecule has 1 radical (unpaired) electrons. The van der Waals surface area contributed by atoms with Crippen LogP contribution in [0.4, 0.5) is 0 Å². The van der Waals surface area contributed by atoms with Crippen LogP contribution in [0, 0.1) is 6.42 Å². The molecule has 0 amide bonds. The van der Waals surface area contributed by atoms with Gasteiger partial charge in [-0.1, -0.05) is 6.92 Å². The highest BCUT2D eigenvalue weighted by atomic mass is 32.2. The fourth-order valence-electron chi connectivity index (χ4n) is 1.81. The fourth-order valence-corrected chi connectivity index (χ4v) is 3.33. The average Bonchev–Trinajstić information content (AvgIpc) is 2.30. The Morgan fingerprint density at radius 2 is 1.94 bits per heavy atom. The molecule has 1 saturated heterocycles. The number of rotatable bonds is 6. The number of piperidine rings is 1. The topological polar surface area (TPSA) is 40.6 Å². The van der Waals surface area contributed by atoms with E-state index >= 15 is 0 Å². The van der Waals surface area contributed by atoms with Crippen molar-refractivity contribution in [3.63, 3.8) is 0 Å². The standard InChI is InChI=1S/C11H23N2O2S/c1-3-12(2)8-7-11-16(14,15)13-9-5-4-6-10-13/h4H,3,5-11H2,1-2H3. The van der Waals surface area contributed by atoms with Crippen molar-refractivity contribution in [2.45, 2.75) is 26.2 Å². The summed E-state index contributed by atoms with van der Waals surface area (Å²) in [4.78, 5) is 2.14. The van der Waals surface area contributed by atoms with Crippen LogP contribution in [-0.4, -0.2) is 56.6 Å². The third-order valence-corrected chi connectivity index (χ3v) is 5.00. The highest BCUT2D eigenvalue weighted by Crippen LogP contribution is 2.13. The van der Waals surface area contributed by atoms with E-state index < -0.39 is 10.0 Å². The predicted octanol–water partition coefficient (Wildman–Crippen LogP) is 0.958. The highest BCUT2D eigenvalue weighted by Gasteiger charge is 2.23. The molecule has 0 N–H and O–H groups in total. The third-order valence-electron chi connectivity index (χ3n) is 3.04. The van der Waals surface area contributed by atoms with E-state index in [0.29, 0.717) is 13.1 Å². The highest BCUT2D eigenvalue weighted by molar-refractivity contribution is 7.89. The minimum Gasteiger partial charge on any atom is -0.307 e. The zero-order valence-corrected chi connectivity index (χ0v) is 11.2. The molecule has 0 aromatic rings. The van der Waals surface area contributed by atoms with Gasteiger partial charge in [0.2, 0.25) is 10.0 Å². The molecular formula is C11H23N2O2S.